The normalized spacial score (nSPS) is 23.3. The van der Waals surface area contributed by atoms with Gasteiger partial charge in [0.2, 0.25) is 0 Å². The van der Waals surface area contributed by atoms with Gasteiger partial charge in [-0.2, -0.15) is 0 Å². The van der Waals surface area contributed by atoms with Gasteiger partial charge in [-0.1, -0.05) is 12.1 Å². The minimum absolute atomic E-state index is 0.357. The largest absolute Gasteiger partial charge is 0.490 e. The van der Waals surface area contributed by atoms with E-state index < -0.39 is 0 Å². The van der Waals surface area contributed by atoms with Gasteiger partial charge in [-0.25, -0.2) is 0 Å². The molecular formula is C16H25NO2. The van der Waals surface area contributed by atoms with Crippen molar-refractivity contribution in [3.05, 3.63) is 29.8 Å². The maximum Gasteiger partial charge on any atom is 0.119 e. The highest BCUT2D eigenvalue weighted by molar-refractivity contribution is 5.27. The summed E-state index contributed by atoms with van der Waals surface area (Å²) in [6, 6.07) is 9.03. The third-order valence-corrected chi connectivity index (χ3v) is 3.86. The molecule has 106 valence electrons. The standard InChI is InChI=1S/C16H25NO2/c1-17-14-4-3-5-16(12-14)19-15-8-6-13(7-9-15)10-11-18-2/h6-9,14,16-17H,3-5,10-12H2,1-2H3. The molecule has 0 aliphatic heterocycles. The Kier molecular flexibility index (Phi) is 5.67. The van der Waals surface area contributed by atoms with Crippen molar-refractivity contribution in [2.24, 2.45) is 0 Å². The van der Waals surface area contributed by atoms with Crippen molar-refractivity contribution in [3.8, 4) is 5.75 Å². The number of nitrogens with one attached hydrogen (secondary N) is 1. The van der Waals surface area contributed by atoms with Crippen molar-refractivity contribution < 1.29 is 9.47 Å². The van der Waals surface area contributed by atoms with E-state index in [1.54, 1.807) is 7.11 Å². The predicted molar refractivity (Wildman–Crippen MR) is 77.8 cm³/mol. The van der Waals surface area contributed by atoms with Gasteiger partial charge < -0.3 is 14.8 Å². The number of hydrogen-bond donors (Lipinski definition) is 1. The summed E-state index contributed by atoms with van der Waals surface area (Å²) in [5, 5.41) is 3.36. The fourth-order valence-electron chi connectivity index (χ4n) is 2.66. The van der Waals surface area contributed by atoms with Crippen LogP contribution in [0.25, 0.3) is 0 Å². The molecule has 1 aliphatic carbocycles. The first kappa shape index (κ1) is 14.4. The third kappa shape index (κ3) is 4.51. The molecule has 0 radical (unpaired) electrons. The van der Waals surface area contributed by atoms with Crippen LogP contribution < -0.4 is 10.1 Å². The smallest absolute Gasteiger partial charge is 0.119 e. The Balaban J connectivity index is 1.85. The van der Waals surface area contributed by atoms with Gasteiger partial charge in [-0.15, -0.1) is 0 Å². The van der Waals surface area contributed by atoms with E-state index in [0.717, 1.165) is 25.2 Å². The van der Waals surface area contributed by atoms with Gasteiger partial charge in [-0.05, 0) is 56.8 Å². The molecule has 1 N–H and O–H groups in total. The summed E-state index contributed by atoms with van der Waals surface area (Å²) in [6.07, 6.45) is 6.12. The van der Waals surface area contributed by atoms with Crippen molar-refractivity contribution in [1.29, 1.82) is 0 Å². The van der Waals surface area contributed by atoms with Crippen LogP contribution in [0.15, 0.2) is 24.3 Å². The number of hydrogen-bond acceptors (Lipinski definition) is 3. The molecule has 0 heterocycles. The average Bonchev–Trinajstić information content (AvgIpc) is 2.47. The lowest BCUT2D eigenvalue weighted by atomic mass is 9.93. The van der Waals surface area contributed by atoms with Crippen LogP contribution in [-0.4, -0.2) is 32.9 Å². The van der Waals surface area contributed by atoms with E-state index in [4.69, 9.17) is 9.47 Å². The number of rotatable bonds is 6. The molecule has 19 heavy (non-hydrogen) atoms. The second-order valence-electron chi connectivity index (χ2n) is 5.28. The number of ether oxygens (including phenoxy) is 2. The fourth-order valence-corrected chi connectivity index (χ4v) is 2.66. The highest BCUT2D eigenvalue weighted by Crippen LogP contribution is 2.24. The zero-order chi connectivity index (χ0) is 13.5. The van der Waals surface area contributed by atoms with Gasteiger partial charge in [0.05, 0.1) is 6.61 Å². The lowest BCUT2D eigenvalue weighted by Gasteiger charge is -2.29. The first-order valence-corrected chi connectivity index (χ1v) is 7.23. The van der Waals surface area contributed by atoms with E-state index in [-0.39, 0.29) is 0 Å². The first-order valence-electron chi connectivity index (χ1n) is 7.23. The van der Waals surface area contributed by atoms with Crippen LogP contribution in [0.4, 0.5) is 0 Å². The molecule has 1 aromatic carbocycles. The maximum atomic E-state index is 6.08. The lowest BCUT2D eigenvalue weighted by molar-refractivity contribution is 0.137. The summed E-state index contributed by atoms with van der Waals surface area (Å²) in [6.45, 7) is 0.771. The molecule has 0 bridgehead atoms. The second kappa shape index (κ2) is 7.51. The van der Waals surface area contributed by atoms with Crippen LogP contribution in [0.2, 0.25) is 0 Å². The molecule has 0 spiro atoms. The van der Waals surface area contributed by atoms with Gasteiger partial charge >= 0.3 is 0 Å². The average molecular weight is 263 g/mol. The Bertz CT molecular complexity index is 364. The molecule has 2 atom stereocenters. The SMILES string of the molecule is CNC1CCCC(Oc2ccc(CCOC)cc2)C1. The van der Waals surface area contributed by atoms with Gasteiger partial charge in [-0.3, -0.25) is 0 Å². The van der Waals surface area contributed by atoms with Gasteiger partial charge in [0, 0.05) is 13.2 Å². The first-order chi connectivity index (χ1) is 9.31. The summed E-state index contributed by atoms with van der Waals surface area (Å²) >= 11 is 0. The number of methoxy groups -OCH3 is 1. The minimum atomic E-state index is 0.357. The second-order valence-corrected chi connectivity index (χ2v) is 5.28. The molecular weight excluding hydrogens is 238 g/mol. The molecule has 0 aromatic heterocycles. The van der Waals surface area contributed by atoms with Crippen LogP contribution in [0.3, 0.4) is 0 Å². The predicted octanol–water partition coefficient (Wildman–Crippen LogP) is 2.78. The quantitative estimate of drug-likeness (QED) is 0.856. The van der Waals surface area contributed by atoms with Crippen LogP contribution in [-0.2, 0) is 11.2 Å². The van der Waals surface area contributed by atoms with Gasteiger partial charge in [0.25, 0.3) is 0 Å². The fraction of sp³-hybridized carbons (Fsp3) is 0.625. The number of benzene rings is 1. The van der Waals surface area contributed by atoms with Crippen LogP contribution in [0, 0.1) is 0 Å². The van der Waals surface area contributed by atoms with Gasteiger partial charge in [0.15, 0.2) is 0 Å². The summed E-state index contributed by atoms with van der Waals surface area (Å²) < 4.78 is 11.2. The van der Waals surface area contributed by atoms with Crippen molar-refractivity contribution in [3.63, 3.8) is 0 Å². The Labute approximate surface area is 116 Å². The Morgan fingerprint density at radius 1 is 1.21 bits per heavy atom. The van der Waals surface area contributed by atoms with Crippen LogP contribution in [0.1, 0.15) is 31.2 Å². The zero-order valence-corrected chi connectivity index (χ0v) is 12.0. The molecule has 1 fully saturated rings. The molecule has 0 amide bonds. The Morgan fingerprint density at radius 2 is 2.00 bits per heavy atom. The monoisotopic (exact) mass is 263 g/mol. The van der Waals surface area contributed by atoms with Crippen molar-refractivity contribution in [2.75, 3.05) is 20.8 Å². The highest BCUT2D eigenvalue weighted by atomic mass is 16.5. The van der Waals surface area contributed by atoms with Gasteiger partial charge in [0.1, 0.15) is 11.9 Å². The highest BCUT2D eigenvalue weighted by Gasteiger charge is 2.21. The lowest BCUT2D eigenvalue weighted by Crippen LogP contribution is -2.36. The molecule has 0 saturated heterocycles. The molecule has 1 aliphatic rings. The van der Waals surface area contributed by atoms with E-state index in [9.17, 15) is 0 Å². The summed E-state index contributed by atoms with van der Waals surface area (Å²) in [5.41, 5.74) is 1.30. The topological polar surface area (TPSA) is 30.5 Å². The minimum Gasteiger partial charge on any atom is -0.490 e. The zero-order valence-electron chi connectivity index (χ0n) is 12.0. The molecule has 1 aromatic rings. The molecule has 2 unspecified atom stereocenters. The Morgan fingerprint density at radius 3 is 2.68 bits per heavy atom. The summed E-state index contributed by atoms with van der Waals surface area (Å²) in [7, 11) is 3.77. The van der Waals surface area contributed by atoms with E-state index >= 15 is 0 Å². The summed E-state index contributed by atoms with van der Waals surface area (Å²) in [5.74, 6) is 0.989. The molecule has 2 rings (SSSR count). The molecule has 3 nitrogen and oxygen atoms in total. The van der Waals surface area contributed by atoms with E-state index in [2.05, 4.69) is 29.6 Å². The molecule has 1 saturated carbocycles. The molecule has 3 heteroatoms. The van der Waals surface area contributed by atoms with Crippen LogP contribution in [0.5, 0.6) is 5.75 Å². The van der Waals surface area contributed by atoms with Crippen LogP contribution >= 0.6 is 0 Å². The maximum absolute atomic E-state index is 6.08. The van der Waals surface area contributed by atoms with E-state index in [1.807, 2.05) is 7.05 Å². The van der Waals surface area contributed by atoms with Crippen molar-refractivity contribution in [1.82, 2.24) is 5.32 Å². The third-order valence-electron chi connectivity index (χ3n) is 3.86. The van der Waals surface area contributed by atoms with Crippen molar-refractivity contribution in [2.45, 2.75) is 44.2 Å². The van der Waals surface area contributed by atoms with E-state index in [1.165, 1.54) is 24.8 Å². The van der Waals surface area contributed by atoms with Crippen molar-refractivity contribution >= 4 is 0 Å². The van der Waals surface area contributed by atoms with E-state index in [0.29, 0.717) is 12.1 Å². The Hall–Kier alpha value is -1.06. The summed E-state index contributed by atoms with van der Waals surface area (Å²) in [4.78, 5) is 0.